The molecule has 0 N–H and O–H groups in total. The molecule has 2 aromatic heterocycles. The van der Waals surface area contributed by atoms with Crippen molar-refractivity contribution in [3.05, 3.63) is 106 Å². The molecule has 2 unspecified atom stereocenters. The van der Waals surface area contributed by atoms with Crippen LogP contribution in [0.15, 0.2) is 78.2 Å². The Morgan fingerprint density at radius 2 is 1.49 bits per heavy atom. The summed E-state index contributed by atoms with van der Waals surface area (Å²) in [7, 11) is 0. The van der Waals surface area contributed by atoms with Crippen LogP contribution < -0.4 is 4.90 Å². The minimum Gasteiger partial charge on any atom is -0.338 e. The quantitative estimate of drug-likeness (QED) is 0.112. The maximum atomic E-state index is 2.73. The van der Waals surface area contributed by atoms with Gasteiger partial charge in [-0.3, -0.25) is 0 Å². The van der Waals surface area contributed by atoms with Gasteiger partial charge in [0.05, 0.1) is 0 Å². The van der Waals surface area contributed by atoms with E-state index < -0.39 is 0 Å². The van der Waals surface area contributed by atoms with Crippen LogP contribution in [0, 0.1) is 0 Å². The summed E-state index contributed by atoms with van der Waals surface area (Å²) in [5.41, 5.74) is 14.8. The SMILES string of the molecule is CCCCCCc1cc(-c2sccc2CCCCCC)sc1-c1ccc2c(c1)C1CCCC1N2c1ccc2c(c1)C(C)(C)c1ccccc1-2. The molecular weight excluding hydrogens is 631 g/mol. The van der Waals surface area contributed by atoms with Gasteiger partial charge in [0.25, 0.3) is 0 Å². The van der Waals surface area contributed by atoms with Crippen molar-refractivity contribution in [3.8, 4) is 31.3 Å². The molecule has 0 spiro atoms. The fourth-order valence-electron chi connectivity index (χ4n) is 9.38. The average Bonchev–Trinajstić information content (AvgIpc) is 3.94. The number of unbranched alkanes of at least 4 members (excludes halogenated alkanes) is 6. The summed E-state index contributed by atoms with van der Waals surface area (Å²) in [6.07, 6.45) is 16.8. The van der Waals surface area contributed by atoms with Crippen molar-refractivity contribution in [1.29, 1.82) is 0 Å². The van der Waals surface area contributed by atoms with Gasteiger partial charge >= 0.3 is 0 Å². The highest BCUT2D eigenvalue weighted by molar-refractivity contribution is 7.23. The summed E-state index contributed by atoms with van der Waals surface area (Å²) in [5, 5.41) is 2.33. The van der Waals surface area contributed by atoms with Crippen LogP contribution in [-0.2, 0) is 18.3 Å². The predicted octanol–water partition coefficient (Wildman–Crippen LogP) is 14.5. The molecule has 3 heteroatoms. The van der Waals surface area contributed by atoms with Crippen LogP contribution in [0.5, 0.6) is 0 Å². The zero-order valence-corrected chi connectivity index (χ0v) is 31.7. The van der Waals surface area contributed by atoms with Gasteiger partial charge < -0.3 is 4.90 Å². The van der Waals surface area contributed by atoms with Crippen molar-refractivity contribution < 1.29 is 0 Å². The highest BCUT2D eigenvalue weighted by Crippen LogP contribution is 2.56. The third kappa shape index (κ3) is 5.93. The lowest BCUT2D eigenvalue weighted by Gasteiger charge is -2.29. The van der Waals surface area contributed by atoms with Gasteiger partial charge in [-0.15, -0.1) is 22.7 Å². The fraction of sp³-hybridized carbons (Fsp3) is 0.435. The van der Waals surface area contributed by atoms with E-state index in [-0.39, 0.29) is 5.41 Å². The van der Waals surface area contributed by atoms with Gasteiger partial charge in [0, 0.05) is 43.4 Å². The number of aryl methyl sites for hydroxylation is 2. The van der Waals surface area contributed by atoms with E-state index in [1.165, 1.54) is 137 Å². The number of hydrogen-bond acceptors (Lipinski definition) is 3. The zero-order chi connectivity index (χ0) is 33.5. The summed E-state index contributed by atoms with van der Waals surface area (Å²) in [5.74, 6) is 0.618. The third-order valence-corrected chi connectivity index (χ3v) is 14.3. The Bertz CT molecular complexity index is 1940. The summed E-state index contributed by atoms with van der Waals surface area (Å²) < 4.78 is 0. The Morgan fingerprint density at radius 1 is 0.714 bits per heavy atom. The van der Waals surface area contributed by atoms with Gasteiger partial charge in [-0.25, -0.2) is 0 Å². The van der Waals surface area contributed by atoms with E-state index in [0.717, 1.165) is 0 Å². The zero-order valence-electron chi connectivity index (χ0n) is 30.1. The molecule has 254 valence electrons. The molecule has 0 radical (unpaired) electrons. The first-order chi connectivity index (χ1) is 24.0. The Morgan fingerprint density at radius 3 is 2.31 bits per heavy atom. The molecule has 1 nitrogen and oxygen atoms in total. The van der Waals surface area contributed by atoms with Gasteiger partial charge in [-0.05, 0) is 125 Å². The average molecular weight is 684 g/mol. The molecule has 0 amide bonds. The highest BCUT2D eigenvalue weighted by atomic mass is 32.1. The van der Waals surface area contributed by atoms with Gasteiger partial charge in [0.15, 0.2) is 0 Å². The van der Waals surface area contributed by atoms with Crippen molar-refractivity contribution in [2.24, 2.45) is 0 Å². The molecule has 1 fully saturated rings. The lowest BCUT2D eigenvalue weighted by molar-refractivity contribution is 0.638. The van der Waals surface area contributed by atoms with Gasteiger partial charge in [-0.1, -0.05) is 109 Å². The molecule has 1 aliphatic heterocycles. The Kier molecular flexibility index (Phi) is 9.35. The first kappa shape index (κ1) is 33.0. The van der Waals surface area contributed by atoms with Crippen molar-refractivity contribution in [2.45, 2.75) is 129 Å². The molecule has 3 aliphatic rings. The van der Waals surface area contributed by atoms with Gasteiger partial charge in [0.1, 0.15) is 0 Å². The van der Waals surface area contributed by atoms with E-state index in [2.05, 4.69) is 122 Å². The van der Waals surface area contributed by atoms with Gasteiger partial charge in [-0.2, -0.15) is 0 Å². The van der Waals surface area contributed by atoms with Crippen LogP contribution in [-0.4, -0.2) is 6.04 Å². The standard InChI is InChI=1S/C46H53NS2/c1-5-7-9-11-16-31-26-27-48-45(31)43-29-32(17-12-10-8-6-2)44(49-43)33-22-25-42-38(28-33)37-19-15-21-41(37)47(42)34-23-24-36-35-18-13-14-20-39(35)46(3,4)40(36)30-34/h13-14,18,20,22-30,37,41H,5-12,15-17,19,21H2,1-4H3. The normalized spacial score (nSPS) is 18.5. The monoisotopic (exact) mass is 683 g/mol. The lowest BCUT2D eigenvalue weighted by Crippen LogP contribution is -2.27. The number of benzene rings is 3. The number of rotatable bonds is 13. The first-order valence-electron chi connectivity index (χ1n) is 19.4. The number of thiophene rings is 2. The van der Waals surface area contributed by atoms with Crippen LogP contribution in [0.1, 0.15) is 132 Å². The third-order valence-electron chi connectivity index (χ3n) is 12.0. The predicted molar refractivity (Wildman–Crippen MR) is 215 cm³/mol. The van der Waals surface area contributed by atoms with Crippen LogP contribution in [0.4, 0.5) is 11.4 Å². The number of anilines is 2. The lowest BCUT2D eigenvalue weighted by atomic mass is 9.82. The highest BCUT2D eigenvalue weighted by Gasteiger charge is 2.43. The molecule has 5 aromatic rings. The second-order valence-corrected chi connectivity index (χ2v) is 17.5. The summed E-state index contributed by atoms with van der Waals surface area (Å²) in [4.78, 5) is 7.26. The Balaban J connectivity index is 1.14. The minimum absolute atomic E-state index is 0.0196. The van der Waals surface area contributed by atoms with Crippen molar-refractivity contribution in [3.63, 3.8) is 0 Å². The van der Waals surface area contributed by atoms with E-state index in [1.807, 2.05) is 11.3 Å². The number of nitrogens with zero attached hydrogens (tertiary/aromatic N) is 1. The largest absolute Gasteiger partial charge is 0.338 e. The van der Waals surface area contributed by atoms with E-state index in [1.54, 1.807) is 16.7 Å². The maximum absolute atomic E-state index is 2.73. The molecule has 3 heterocycles. The van der Waals surface area contributed by atoms with E-state index >= 15 is 0 Å². The Hall–Kier alpha value is -3.14. The van der Waals surface area contributed by atoms with Crippen LogP contribution in [0.3, 0.4) is 0 Å². The number of hydrogen-bond donors (Lipinski definition) is 0. The fourth-order valence-corrected chi connectivity index (χ4v) is 11.7. The minimum atomic E-state index is 0.0196. The van der Waals surface area contributed by atoms with E-state index in [4.69, 9.17) is 0 Å². The molecule has 0 bridgehead atoms. The van der Waals surface area contributed by atoms with Gasteiger partial charge in [0.2, 0.25) is 0 Å². The smallest absolute Gasteiger partial charge is 0.0474 e. The molecule has 49 heavy (non-hydrogen) atoms. The van der Waals surface area contributed by atoms with Crippen LogP contribution >= 0.6 is 22.7 Å². The number of fused-ring (bicyclic) bond motifs is 6. The maximum Gasteiger partial charge on any atom is 0.0474 e. The van der Waals surface area contributed by atoms with Crippen molar-refractivity contribution in [1.82, 2.24) is 0 Å². The summed E-state index contributed by atoms with van der Waals surface area (Å²) in [6.45, 7) is 9.44. The van der Waals surface area contributed by atoms with Crippen LogP contribution in [0.2, 0.25) is 0 Å². The molecule has 2 aliphatic carbocycles. The molecule has 1 saturated carbocycles. The molecule has 3 aromatic carbocycles. The Labute approximate surface area is 303 Å². The first-order valence-corrected chi connectivity index (χ1v) is 21.1. The van der Waals surface area contributed by atoms with Crippen LogP contribution in [0.25, 0.3) is 31.3 Å². The molecular formula is C46H53NS2. The molecule has 2 atom stereocenters. The second-order valence-electron chi connectivity index (χ2n) is 15.5. The van der Waals surface area contributed by atoms with Crippen molar-refractivity contribution >= 4 is 34.0 Å². The molecule has 8 rings (SSSR count). The van der Waals surface area contributed by atoms with E-state index in [9.17, 15) is 0 Å². The second kappa shape index (κ2) is 13.9. The summed E-state index contributed by atoms with van der Waals surface area (Å²) in [6, 6.07) is 29.5. The van der Waals surface area contributed by atoms with E-state index in [0.29, 0.717) is 12.0 Å². The van der Waals surface area contributed by atoms with Crippen molar-refractivity contribution in [2.75, 3.05) is 4.90 Å². The topological polar surface area (TPSA) is 3.24 Å². The summed E-state index contributed by atoms with van der Waals surface area (Å²) >= 11 is 4.02. The molecule has 0 saturated heterocycles.